The first-order valence-corrected chi connectivity index (χ1v) is 12.9. The molecule has 2 aromatic heterocycles. The van der Waals surface area contributed by atoms with Gasteiger partial charge in [0.2, 0.25) is 0 Å². The minimum Gasteiger partial charge on any atom is -0.454 e. The molecule has 2 fully saturated rings. The predicted octanol–water partition coefficient (Wildman–Crippen LogP) is 1.72. The quantitative estimate of drug-likeness (QED) is 0.401. The molecule has 0 radical (unpaired) electrons. The van der Waals surface area contributed by atoms with Crippen LogP contribution < -0.4 is 10.6 Å². The highest BCUT2D eigenvalue weighted by molar-refractivity contribution is 7.81. The molecule has 4 heterocycles. The van der Waals surface area contributed by atoms with Crippen molar-refractivity contribution in [2.24, 2.45) is 0 Å². The number of ether oxygens (including phenoxy) is 1. The molecule has 180 valence electrons. The molecule has 2 aliphatic rings. The number of piperazine rings is 1. The summed E-state index contributed by atoms with van der Waals surface area (Å²) in [6.45, 7) is 6.54. The van der Waals surface area contributed by atoms with Crippen LogP contribution in [0.15, 0.2) is 28.7 Å². The number of nitrogens with two attached hydrogens (primary N) is 1. The minimum atomic E-state index is -0.933. The lowest BCUT2D eigenvalue weighted by molar-refractivity contribution is 0.122. The Morgan fingerprint density at radius 1 is 1.15 bits per heavy atom. The normalized spacial score (nSPS) is 18.9. The summed E-state index contributed by atoms with van der Waals surface area (Å²) in [6.07, 6.45) is 2.97. The van der Waals surface area contributed by atoms with Gasteiger partial charge < -0.3 is 25.2 Å². The van der Waals surface area contributed by atoms with Crippen molar-refractivity contribution in [2.45, 2.75) is 6.54 Å². The number of nitrogens with one attached hydrogen (secondary N) is 1. The lowest BCUT2D eigenvalue weighted by Gasteiger charge is -2.32. The molecule has 1 atom stereocenters. The zero-order valence-corrected chi connectivity index (χ0v) is 20.0. The summed E-state index contributed by atoms with van der Waals surface area (Å²) in [7, 11) is -0.933. The van der Waals surface area contributed by atoms with Gasteiger partial charge >= 0.3 is 0 Å². The summed E-state index contributed by atoms with van der Waals surface area (Å²) in [5.74, 6) is 2.08. The first-order valence-electron chi connectivity index (χ1n) is 11.4. The maximum absolute atomic E-state index is 11.7. The molecular weight excluding hydrogens is 454 g/mol. The van der Waals surface area contributed by atoms with Gasteiger partial charge in [-0.1, -0.05) is 12.1 Å². The highest BCUT2D eigenvalue weighted by atomic mass is 32.2. The van der Waals surface area contributed by atoms with Crippen LogP contribution in [0.4, 0.5) is 11.5 Å². The van der Waals surface area contributed by atoms with E-state index in [0.29, 0.717) is 55.5 Å². The third kappa shape index (κ3) is 4.56. The predicted molar refractivity (Wildman–Crippen MR) is 133 cm³/mol. The molecule has 10 nitrogen and oxygen atoms in total. The molecule has 34 heavy (non-hydrogen) atoms. The van der Waals surface area contributed by atoms with Crippen LogP contribution >= 0.6 is 0 Å². The fourth-order valence-electron chi connectivity index (χ4n) is 4.46. The minimum absolute atomic E-state index is 0.518. The van der Waals surface area contributed by atoms with Gasteiger partial charge in [0.15, 0.2) is 17.2 Å². The van der Waals surface area contributed by atoms with Crippen molar-refractivity contribution in [3.63, 3.8) is 0 Å². The average Bonchev–Trinajstić information content (AvgIpc) is 3.26. The summed E-state index contributed by atoms with van der Waals surface area (Å²) in [5.41, 5.74) is 9.35. The van der Waals surface area contributed by atoms with Crippen LogP contribution in [0.2, 0.25) is 0 Å². The molecule has 0 amide bonds. The number of hydrogen-bond acceptors (Lipinski definition) is 9. The highest BCUT2D eigenvalue weighted by Gasteiger charge is 2.24. The molecule has 11 heteroatoms. The second-order valence-corrected chi connectivity index (χ2v) is 9.84. The Morgan fingerprint density at radius 3 is 2.62 bits per heavy atom. The monoisotopic (exact) mass is 483 g/mol. The van der Waals surface area contributed by atoms with Crippen LogP contribution in [0, 0.1) is 5.41 Å². The first kappa shape index (κ1) is 22.9. The summed E-state index contributed by atoms with van der Waals surface area (Å²) >= 11 is 0. The number of nitrogens with zero attached hydrogens (tertiary/aromatic N) is 5. The van der Waals surface area contributed by atoms with E-state index in [1.165, 1.54) is 6.21 Å². The fraction of sp³-hybridized carbons (Fsp3) is 0.435. The second kappa shape index (κ2) is 9.79. The van der Waals surface area contributed by atoms with Gasteiger partial charge in [0.25, 0.3) is 0 Å². The number of benzene rings is 1. The number of aromatic nitrogens is 2. The van der Waals surface area contributed by atoms with E-state index in [2.05, 4.69) is 9.80 Å². The average molecular weight is 484 g/mol. The van der Waals surface area contributed by atoms with Gasteiger partial charge in [0.05, 0.1) is 30.7 Å². The molecule has 3 aromatic rings. The zero-order valence-electron chi connectivity index (χ0n) is 19.2. The van der Waals surface area contributed by atoms with Crippen LogP contribution in [0.3, 0.4) is 0 Å². The molecule has 2 aliphatic heterocycles. The van der Waals surface area contributed by atoms with E-state index in [1.807, 2.05) is 22.5 Å². The van der Waals surface area contributed by atoms with Gasteiger partial charge in [-0.2, -0.15) is 0 Å². The highest BCUT2D eigenvalue weighted by Crippen LogP contribution is 2.33. The Hall–Kier alpha value is -2.86. The number of furan rings is 1. The molecule has 0 aliphatic carbocycles. The second-order valence-electron chi connectivity index (χ2n) is 8.48. The molecule has 5 rings (SSSR count). The number of morpholine rings is 1. The van der Waals surface area contributed by atoms with Crippen molar-refractivity contribution in [3.05, 3.63) is 35.6 Å². The molecular formula is C23H29N7O3S. The standard InChI is InChI=1S/C23H29N7O3S/c1-34(31)30-7-5-28(6-8-30)15-16-13-20-21(33-16)23(29-9-11-32-12-10-29)27-22(26-20)17-3-2-4-19(25)18(17)14-24/h2-4,13-14,24H,5-12,15,25H2,1H3. The van der Waals surface area contributed by atoms with Crippen molar-refractivity contribution in [1.82, 2.24) is 19.2 Å². The van der Waals surface area contributed by atoms with Crippen molar-refractivity contribution in [2.75, 3.05) is 69.4 Å². The third-order valence-electron chi connectivity index (χ3n) is 6.31. The third-order valence-corrected chi connectivity index (χ3v) is 7.41. The molecule has 1 unspecified atom stereocenters. The van der Waals surface area contributed by atoms with Gasteiger partial charge in [0.1, 0.15) is 11.3 Å². The van der Waals surface area contributed by atoms with Crippen LogP contribution in [0.25, 0.3) is 22.5 Å². The Labute approximate surface area is 200 Å². The zero-order chi connectivity index (χ0) is 23.7. The number of anilines is 2. The van der Waals surface area contributed by atoms with E-state index in [0.717, 1.165) is 48.8 Å². The van der Waals surface area contributed by atoms with E-state index in [-0.39, 0.29) is 0 Å². The van der Waals surface area contributed by atoms with Crippen molar-refractivity contribution in [3.8, 4) is 11.4 Å². The van der Waals surface area contributed by atoms with E-state index in [1.54, 1.807) is 12.3 Å². The van der Waals surface area contributed by atoms with Crippen LogP contribution in [-0.2, 0) is 22.3 Å². The summed E-state index contributed by atoms with van der Waals surface area (Å²) < 4.78 is 25.6. The Bertz CT molecular complexity index is 1220. The van der Waals surface area contributed by atoms with E-state index >= 15 is 0 Å². The number of nitrogen functional groups attached to an aromatic ring is 1. The lowest BCUT2D eigenvalue weighted by atomic mass is 10.1. The van der Waals surface area contributed by atoms with Crippen LogP contribution in [0.1, 0.15) is 11.3 Å². The lowest BCUT2D eigenvalue weighted by Crippen LogP contribution is -2.46. The van der Waals surface area contributed by atoms with Crippen LogP contribution in [0.5, 0.6) is 0 Å². The smallest absolute Gasteiger partial charge is 0.195 e. The molecule has 2 saturated heterocycles. The van der Waals surface area contributed by atoms with E-state index < -0.39 is 11.0 Å². The number of hydrogen-bond donors (Lipinski definition) is 2. The topological polar surface area (TPSA) is 125 Å². The van der Waals surface area contributed by atoms with Gasteiger partial charge in [-0.3, -0.25) is 4.90 Å². The Kier molecular flexibility index (Phi) is 6.59. The van der Waals surface area contributed by atoms with Crippen molar-refractivity contribution >= 4 is 39.8 Å². The molecule has 3 N–H and O–H groups in total. The van der Waals surface area contributed by atoms with Crippen molar-refractivity contribution in [1.29, 1.82) is 5.41 Å². The maximum atomic E-state index is 11.7. The van der Waals surface area contributed by atoms with Gasteiger partial charge in [-0.05, 0) is 6.07 Å². The van der Waals surface area contributed by atoms with Crippen LogP contribution in [-0.4, -0.2) is 88.3 Å². The summed E-state index contributed by atoms with van der Waals surface area (Å²) in [5, 5.41) is 7.84. The largest absolute Gasteiger partial charge is 0.454 e. The molecule has 0 bridgehead atoms. The number of fused-ring (bicyclic) bond motifs is 1. The molecule has 0 spiro atoms. The summed E-state index contributed by atoms with van der Waals surface area (Å²) in [6, 6.07) is 7.49. The molecule has 1 aromatic carbocycles. The van der Waals surface area contributed by atoms with E-state index in [9.17, 15) is 4.21 Å². The Morgan fingerprint density at radius 2 is 1.91 bits per heavy atom. The summed E-state index contributed by atoms with van der Waals surface area (Å²) in [4.78, 5) is 14.2. The SMILES string of the molecule is CS(=O)N1CCN(Cc2cc3nc(-c4cccc(N)c4C=N)nc(N4CCOCC4)c3o2)CC1. The first-order chi connectivity index (χ1) is 16.5. The maximum Gasteiger partial charge on any atom is 0.195 e. The Balaban J connectivity index is 1.51. The van der Waals surface area contributed by atoms with Gasteiger partial charge in [0, 0.05) is 74.6 Å². The van der Waals surface area contributed by atoms with Gasteiger partial charge in [-0.25, -0.2) is 18.5 Å². The fourth-order valence-corrected chi connectivity index (χ4v) is 5.13. The number of rotatable bonds is 6. The molecule has 0 saturated carbocycles. The van der Waals surface area contributed by atoms with Crippen molar-refractivity contribution < 1.29 is 13.4 Å². The van der Waals surface area contributed by atoms with E-state index in [4.69, 9.17) is 30.3 Å². The van der Waals surface area contributed by atoms with Gasteiger partial charge in [-0.15, -0.1) is 0 Å².